The zero-order valence-electron chi connectivity index (χ0n) is 19.9. The summed E-state index contributed by atoms with van der Waals surface area (Å²) < 4.78 is 11.3. The molecule has 2 rings (SSSR count). The summed E-state index contributed by atoms with van der Waals surface area (Å²) in [7, 11) is 1.84. The Morgan fingerprint density at radius 3 is 2.26 bits per heavy atom. The van der Waals surface area contributed by atoms with E-state index in [0.717, 1.165) is 28.7 Å². The maximum Gasteiger partial charge on any atom is 0.344 e. The highest BCUT2D eigenvalue weighted by molar-refractivity contribution is 5.71. The Kier molecular flexibility index (Phi) is 8.93. The number of likely N-dealkylation sites (N-methyl/N-ethyl adjacent to an activating group) is 1. The second kappa shape index (κ2) is 11.2. The first-order valence-electron chi connectivity index (χ1n) is 11.0. The lowest BCUT2D eigenvalue weighted by atomic mass is 9.93. The number of rotatable bonds is 10. The summed E-state index contributed by atoms with van der Waals surface area (Å²) in [6, 6.07) is 9.75. The van der Waals surface area contributed by atoms with Crippen LogP contribution in [0.25, 0.3) is 0 Å². The lowest BCUT2D eigenvalue weighted by Gasteiger charge is -2.21. The van der Waals surface area contributed by atoms with Gasteiger partial charge in [-0.15, -0.1) is 0 Å². The summed E-state index contributed by atoms with van der Waals surface area (Å²) in [5.41, 5.74) is 5.57. The molecule has 1 atom stereocenters. The van der Waals surface area contributed by atoms with Gasteiger partial charge in [-0.2, -0.15) is 0 Å². The van der Waals surface area contributed by atoms with Gasteiger partial charge in [-0.1, -0.05) is 39.8 Å². The van der Waals surface area contributed by atoms with Crippen molar-refractivity contribution < 1.29 is 19.4 Å². The molecule has 5 nitrogen and oxygen atoms in total. The van der Waals surface area contributed by atoms with E-state index in [2.05, 4.69) is 39.1 Å². The number of aryl methyl sites for hydroxylation is 2. The Balaban J connectivity index is 2.07. The van der Waals surface area contributed by atoms with Gasteiger partial charge < -0.3 is 19.9 Å². The predicted octanol–water partition coefficient (Wildman–Crippen LogP) is 4.89. The predicted molar refractivity (Wildman–Crippen MR) is 125 cm³/mol. The second-order valence-corrected chi connectivity index (χ2v) is 8.88. The number of ether oxygens (including phenoxy) is 2. The molecule has 2 aromatic rings. The van der Waals surface area contributed by atoms with E-state index < -0.39 is 0 Å². The molecule has 1 unspecified atom stereocenters. The number of aromatic hydroxyl groups is 1. The molecule has 0 saturated heterocycles. The average Bonchev–Trinajstić information content (AvgIpc) is 2.69. The summed E-state index contributed by atoms with van der Waals surface area (Å²) in [6.07, 6.45) is 0.605. The van der Waals surface area contributed by atoms with E-state index >= 15 is 0 Å². The van der Waals surface area contributed by atoms with Gasteiger partial charge in [0.1, 0.15) is 17.6 Å². The van der Waals surface area contributed by atoms with Crippen molar-refractivity contribution in [1.82, 2.24) is 5.32 Å². The van der Waals surface area contributed by atoms with Crippen molar-refractivity contribution in [2.75, 3.05) is 20.2 Å². The molecule has 31 heavy (non-hydrogen) atoms. The number of esters is 1. The van der Waals surface area contributed by atoms with Crippen molar-refractivity contribution in [2.24, 2.45) is 5.92 Å². The third-order valence-corrected chi connectivity index (χ3v) is 5.55. The fourth-order valence-corrected chi connectivity index (χ4v) is 3.66. The molecule has 170 valence electrons. The van der Waals surface area contributed by atoms with E-state index in [-0.39, 0.29) is 30.5 Å². The van der Waals surface area contributed by atoms with Gasteiger partial charge in [0.2, 0.25) is 0 Å². The molecule has 2 N–H and O–H groups in total. The molecule has 0 fully saturated rings. The lowest BCUT2D eigenvalue weighted by molar-refractivity contribution is -0.153. The molecule has 0 amide bonds. The average molecular weight is 428 g/mol. The van der Waals surface area contributed by atoms with Crippen LogP contribution < -0.4 is 10.1 Å². The van der Waals surface area contributed by atoms with Gasteiger partial charge in [-0.05, 0) is 85.2 Å². The summed E-state index contributed by atoms with van der Waals surface area (Å²) in [5.74, 6) is 1.15. The van der Waals surface area contributed by atoms with Crippen LogP contribution in [0.4, 0.5) is 0 Å². The number of phenols is 1. The molecule has 0 aliphatic carbocycles. The Bertz CT molecular complexity index is 866. The van der Waals surface area contributed by atoms with E-state index in [1.54, 1.807) is 6.07 Å². The van der Waals surface area contributed by atoms with Crippen LogP contribution in [0.1, 0.15) is 61.4 Å². The number of hydrogen-bond donors (Lipinski definition) is 2. The van der Waals surface area contributed by atoms with Crippen molar-refractivity contribution >= 4 is 5.97 Å². The Labute approximate surface area is 186 Å². The van der Waals surface area contributed by atoms with Crippen LogP contribution in [0.2, 0.25) is 0 Å². The van der Waals surface area contributed by atoms with E-state index in [4.69, 9.17) is 9.47 Å². The van der Waals surface area contributed by atoms with Crippen molar-refractivity contribution in [3.05, 3.63) is 58.1 Å². The third-order valence-electron chi connectivity index (χ3n) is 5.55. The van der Waals surface area contributed by atoms with Gasteiger partial charge in [0.25, 0.3) is 0 Å². The van der Waals surface area contributed by atoms with Crippen LogP contribution >= 0.6 is 0 Å². The molecular weight excluding hydrogens is 390 g/mol. The molecule has 0 aliphatic rings. The van der Waals surface area contributed by atoms with Gasteiger partial charge in [0.05, 0.1) is 0 Å². The van der Waals surface area contributed by atoms with Crippen LogP contribution in [0.3, 0.4) is 0 Å². The molecule has 0 spiro atoms. The molecule has 0 aromatic heterocycles. The van der Waals surface area contributed by atoms with Crippen LogP contribution in [0.15, 0.2) is 30.3 Å². The molecule has 0 bridgehead atoms. The molecule has 0 heterocycles. The summed E-state index contributed by atoms with van der Waals surface area (Å²) in [4.78, 5) is 12.2. The van der Waals surface area contributed by atoms with Crippen molar-refractivity contribution in [1.29, 1.82) is 0 Å². The highest BCUT2D eigenvalue weighted by atomic mass is 16.6. The second-order valence-electron chi connectivity index (χ2n) is 8.88. The normalized spacial score (nSPS) is 12.3. The van der Waals surface area contributed by atoms with Gasteiger partial charge >= 0.3 is 5.97 Å². The maximum absolute atomic E-state index is 12.2. The summed E-state index contributed by atoms with van der Waals surface area (Å²) in [5, 5.41) is 13.1. The van der Waals surface area contributed by atoms with Gasteiger partial charge in [0, 0.05) is 6.54 Å². The Morgan fingerprint density at radius 1 is 1.06 bits per heavy atom. The molecule has 0 aliphatic heterocycles. The van der Waals surface area contributed by atoms with Gasteiger partial charge in [-0.25, -0.2) is 4.79 Å². The monoisotopic (exact) mass is 427 g/mol. The summed E-state index contributed by atoms with van der Waals surface area (Å²) >= 11 is 0. The van der Waals surface area contributed by atoms with Gasteiger partial charge in [-0.3, -0.25) is 0 Å². The Hall–Kier alpha value is -2.53. The fourth-order valence-electron chi connectivity index (χ4n) is 3.66. The zero-order valence-corrected chi connectivity index (χ0v) is 19.9. The minimum absolute atomic E-state index is 0.110. The van der Waals surface area contributed by atoms with Crippen molar-refractivity contribution in [2.45, 2.75) is 60.0 Å². The zero-order chi connectivity index (χ0) is 23.1. The number of phenolic OH excluding ortho intramolecular Hbond substituents is 1. The highest BCUT2D eigenvalue weighted by Crippen LogP contribution is 2.29. The Morgan fingerprint density at radius 2 is 1.71 bits per heavy atom. The number of benzene rings is 2. The maximum atomic E-state index is 12.2. The minimum atomic E-state index is -0.362. The minimum Gasteiger partial charge on any atom is -0.508 e. The van der Waals surface area contributed by atoms with Crippen LogP contribution in [-0.4, -0.2) is 37.4 Å². The highest BCUT2D eigenvalue weighted by Gasteiger charge is 2.18. The van der Waals surface area contributed by atoms with E-state index in [0.29, 0.717) is 18.0 Å². The number of hydrogen-bond acceptors (Lipinski definition) is 5. The first kappa shape index (κ1) is 24.7. The molecule has 5 heteroatoms. The van der Waals surface area contributed by atoms with E-state index in [9.17, 15) is 9.90 Å². The first-order valence-corrected chi connectivity index (χ1v) is 11.0. The number of carbonyl (C=O) groups excluding carboxylic acids is 1. The number of nitrogens with one attached hydrogen (secondary N) is 1. The quantitative estimate of drug-likeness (QED) is 0.529. The first-order chi connectivity index (χ1) is 14.6. The topological polar surface area (TPSA) is 67.8 Å². The third kappa shape index (κ3) is 7.00. The van der Waals surface area contributed by atoms with E-state index in [1.165, 1.54) is 5.56 Å². The van der Waals surface area contributed by atoms with Crippen molar-refractivity contribution in [3.8, 4) is 11.5 Å². The van der Waals surface area contributed by atoms with Crippen LogP contribution in [-0.2, 0) is 16.0 Å². The molecule has 0 saturated carbocycles. The smallest absolute Gasteiger partial charge is 0.344 e. The fraction of sp³-hybridized carbons (Fsp3) is 0.500. The SMILES string of the molecule is CNCC(OC(=O)COc1cc(C)c(Cc2ccc(O)c(C(C)C)c2)c(C)c1)C(C)C. The van der Waals surface area contributed by atoms with Crippen LogP contribution in [0, 0.1) is 19.8 Å². The van der Waals surface area contributed by atoms with Crippen LogP contribution in [0.5, 0.6) is 11.5 Å². The molecule has 2 aromatic carbocycles. The summed E-state index contributed by atoms with van der Waals surface area (Å²) in [6.45, 7) is 12.8. The number of carbonyl (C=O) groups is 1. The molecule has 0 radical (unpaired) electrons. The lowest BCUT2D eigenvalue weighted by Crippen LogP contribution is -2.34. The standard InChI is InChI=1S/C26H37NO4/c1-16(2)22-12-20(8-9-24(22)28)13-23-18(5)10-21(11-19(23)6)30-15-26(29)31-25(14-27-7)17(3)4/h8-12,16-17,25,27-28H,13-15H2,1-7H3. The largest absolute Gasteiger partial charge is 0.508 e. The van der Waals surface area contributed by atoms with Crippen molar-refractivity contribution in [3.63, 3.8) is 0 Å². The van der Waals surface area contributed by atoms with Gasteiger partial charge in [0.15, 0.2) is 6.61 Å². The van der Waals surface area contributed by atoms with E-state index in [1.807, 2.05) is 39.1 Å². The molecular formula is C26H37NO4.